The van der Waals surface area contributed by atoms with Crippen molar-refractivity contribution in [3.63, 3.8) is 0 Å². The van der Waals surface area contributed by atoms with E-state index in [0.717, 1.165) is 12.1 Å². The lowest BCUT2D eigenvalue weighted by atomic mass is 10.1. The van der Waals surface area contributed by atoms with Crippen molar-refractivity contribution in [2.24, 2.45) is 0 Å². The maximum absolute atomic E-state index is 12.5. The molecule has 5 nitrogen and oxygen atoms in total. The largest absolute Gasteiger partial charge is 0.573 e. The Bertz CT molecular complexity index is 622. The van der Waals surface area contributed by atoms with E-state index in [1.54, 1.807) is 6.92 Å². The van der Waals surface area contributed by atoms with Gasteiger partial charge in [-0.25, -0.2) is 0 Å². The first kappa shape index (κ1) is 17.4. The number of nitrogens with zero attached hydrogens (tertiary/aromatic N) is 1. The highest BCUT2D eigenvalue weighted by molar-refractivity contribution is 6.32. The van der Waals surface area contributed by atoms with Gasteiger partial charge in [0.05, 0.1) is 5.02 Å². The van der Waals surface area contributed by atoms with Crippen molar-refractivity contribution >= 4 is 23.4 Å². The Morgan fingerprint density at radius 2 is 2.13 bits per heavy atom. The lowest BCUT2D eigenvalue weighted by Crippen LogP contribution is -2.45. The molecule has 1 aliphatic heterocycles. The first-order valence-electron chi connectivity index (χ1n) is 6.83. The molecule has 1 unspecified atom stereocenters. The van der Waals surface area contributed by atoms with Crippen LogP contribution in [0.3, 0.4) is 0 Å². The van der Waals surface area contributed by atoms with Gasteiger partial charge in [-0.05, 0) is 31.5 Å². The maximum atomic E-state index is 12.5. The second-order valence-electron chi connectivity index (χ2n) is 5.01. The Morgan fingerprint density at radius 1 is 1.43 bits per heavy atom. The predicted molar refractivity (Wildman–Crippen MR) is 76.3 cm³/mol. The molecule has 1 fully saturated rings. The molecule has 126 valence electrons. The summed E-state index contributed by atoms with van der Waals surface area (Å²) in [5.41, 5.74) is 0.0890. The van der Waals surface area contributed by atoms with Crippen molar-refractivity contribution in [3.8, 4) is 5.75 Å². The third-order valence-electron chi connectivity index (χ3n) is 3.39. The van der Waals surface area contributed by atoms with E-state index in [-0.39, 0.29) is 16.5 Å². The van der Waals surface area contributed by atoms with Crippen LogP contribution in [-0.2, 0) is 4.79 Å². The molecule has 23 heavy (non-hydrogen) atoms. The van der Waals surface area contributed by atoms with E-state index < -0.39 is 24.1 Å². The smallest absolute Gasteiger partial charge is 0.404 e. The normalized spacial score (nSPS) is 19.1. The molecule has 1 aromatic rings. The van der Waals surface area contributed by atoms with Crippen LogP contribution in [0.15, 0.2) is 18.2 Å². The molecular weight excluding hydrogens is 337 g/mol. The SMILES string of the molecule is CC1C(=O)NCCCN1C(=O)c1ccc(OC(F)(F)F)c(Cl)c1. The molecule has 1 atom stereocenters. The molecule has 2 amide bonds. The van der Waals surface area contributed by atoms with Gasteiger partial charge in [0, 0.05) is 18.7 Å². The summed E-state index contributed by atoms with van der Waals surface area (Å²) in [5.74, 6) is -1.34. The second-order valence-corrected chi connectivity index (χ2v) is 5.42. The molecule has 1 aliphatic rings. The number of hydrogen-bond acceptors (Lipinski definition) is 3. The zero-order chi connectivity index (χ0) is 17.2. The molecule has 0 aliphatic carbocycles. The molecule has 0 saturated carbocycles. The van der Waals surface area contributed by atoms with Gasteiger partial charge in [0.25, 0.3) is 5.91 Å². The zero-order valence-electron chi connectivity index (χ0n) is 12.1. The second kappa shape index (κ2) is 6.66. The molecule has 0 bridgehead atoms. The number of nitrogens with one attached hydrogen (secondary N) is 1. The quantitative estimate of drug-likeness (QED) is 0.892. The first-order chi connectivity index (χ1) is 10.7. The van der Waals surface area contributed by atoms with Crippen LogP contribution in [-0.4, -0.2) is 42.2 Å². The monoisotopic (exact) mass is 350 g/mol. The van der Waals surface area contributed by atoms with Gasteiger partial charge in [0.1, 0.15) is 11.8 Å². The summed E-state index contributed by atoms with van der Waals surface area (Å²) in [7, 11) is 0. The molecule has 1 heterocycles. The number of benzene rings is 1. The molecule has 0 aromatic heterocycles. The summed E-state index contributed by atoms with van der Waals surface area (Å²) in [4.78, 5) is 25.6. The average molecular weight is 351 g/mol. The molecule has 1 saturated heterocycles. The number of hydrogen-bond donors (Lipinski definition) is 1. The Hall–Kier alpha value is -1.96. The van der Waals surface area contributed by atoms with E-state index in [1.807, 2.05) is 0 Å². The van der Waals surface area contributed by atoms with Crippen molar-refractivity contribution < 1.29 is 27.5 Å². The van der Waals surface area contributed by atoms with Crippen LogP contribution in [0.1, 0.15) is 23.7 Å². The van der Waals surface area contributed by atoms with E-state index in [4.69, 9.17) is 11.6 Å². The summed E-state index contributed by atoms with van der Waals surface area (Å²) in [6.07, 6.45) is -4.28. The molecule has 1 aromatic carbocycles. The fourth-order valence-electron chi connectivity index (χ4n) is 2.23. The van der Waals surface area contributed by atoms with E-state index in [1.165, 1.54) is 11.0 Å². The minimum atomic E-state index is -4.87. The van der Waals surface area contributed by atoms with Gasteiger partial charge in [0.2, 0.25) is 5.91 Å². The van der Waals surface area contributed by atoms with Gasteiger partial charge >= 0.3 is 6.36 Å². The number of ether oxygens (including phenoxy) is 1. The Kier molecular flexibility index (Phi) is 5.03. The van der Waals surface area contributed by atoms with Crippen molar-refractivity contribution in [1.82, 2.24) is 10.2 Å². The highest BCUT2D eigenvalue weighted by Gasteiger charge is 2.33. The molecule has 0 radical (unpaired) electrons. The highest BCUT2D eigenvalue weighted by atomic mass is 35.5. The average Bonchev–Trinajstić information content (AvgIpc) is 2.62. The van der Waals surface area contributed by atoms with Crippen molar-refractivity contribution in [2.45, 2.75) is 25.7 Å². The van der Waals surface area contributed by atoms with Crippen LogP contribution in [0.2, 0.25) is 5.02 Å². The van der Waals surface area contributed by atoms with Crippen molar-refractivity contribution in [2.75, 3.05) is 13.1 Å². The standard InChI is InChI=1S/C14H14ClF3N2O3/c1-8-12(21)19-5-2-6-20(8)13(22)9-3-4-11(10(15)7-9)23-14(16,17)18/h3-4,7-8H,2,5-6H2,1H3,(H,19,21). The number of carbonyl (C=O) groups is 2. The Balaban J connectivity index is 2.22. The first-order valence-corrected chi connectivity index (χ1v) is 7.21. The number of carbonyl (C=O) groups excluding carboxylic acids is 2. The zero-order valence-corrected chi connectivity index (χ0v) is 12.9. The van der Waals surface area contributed by atoms with Crippen LogP contribution in [0.5, 0.6) is 5.75 Å². The lowest BCUT2D eigenvalue weighted by Gasteiger charge is -2.25. The summed E-state index contributed by atoms with van der Waals surface area (Å²) < 4.78 is 40.4. The molecule has 0 spiro atoms. The van der Waals surface area contributed by atoms with Gasteiger partial charge in [-0.15, -0.1) is 13.2 Å². The third kappa shape index (κ3) is 4.28. The van der Waals surface area contributed by atoms with Gasteiger partial charge < -0.3 is 15.0 Å². The number of halogens is 4. The summed E-state index contributed by atoms with van der Waals surface area (Å²) >= 11 is 5.74. The predicted octanol–water partition coefficient (Wildman–Crippen LogP) is 2.59. The minimum Gasteiger partial charge on any atom is -0.404 e. The van der Waals surface area contributed by atoms with Crippen LogP contribution in [0.25, 0.3) is 0 Å². The topological polar surface area (TPSA) is 58.6 Å². The number of alkyl halides is 3. The summed E-state index contributed by atoms with van der Waals surface area (Å²) in [6, 6.07) is 2.59. The van der Waals surface area contributed by atoms with Gasteiger partial charge in [-0.3, -0.25) is 9.59 Å². The van der Waals surface area contributed by atoms with E-state index >= 15 is 0 Å². The maximum Gasteiger partial charge on any atom is 0.573 e. The van der Waals surface area contributed by atoms with Gasteiger partial charge in [-0.1, -0.05) is 11.6 Å². The fraction of sp³-hybridized carbons (Fsp3) is 0.429. The van der Waals surface area contributed by atoms with E-state index in [0.29, 0.717) is 19.5 Å². The number of rotatable bonds is 2. The van der Waals surface area contributed by atoms with Crippen molar-refractivity contribution in [1.29, 1.82) is 0 Å². The summed E-state index contributed by atoms with van der Waals surface area (Å²) in [5, 5.41) is 2.34. The third-order valence-corrected chi connectivity index (χ3v) is 3.68. The van der Waals surface area contributed by atoms with Crippen LogP contribution >= 0.6 is 11.6 Å². The molecule has 9 heteroatoms. The molecular formula is C14H14ClF3N2O3. The fourth-order valence-corrected chi connectivity index (χ4v) is 2.45. The van der Waals surface area contributed by atoms with E-state index in [2.05, 4.69) is 10.1 Å². The van der Waals surface area contributed by atoms with Crippen LogP contribution in [0, 0.1) is 0 Å². The van der Waals surface area contributed by atoms with Gasteiger partial charge in [-0.2, -0.15) is 0 Å². The van der Waals surface area contributed by atoms with Gasteiger partial charge in [0.15, 0.2) is 0 Å². The lowest BCUT2D eigenvalue weighted by molar-refractivity contribution is -0.274. The highest BCUT2D eigenvalue weighted by Crippen LogP contribution is 2.31. The molecule has 1 N–H and O–H groups in total. The minimum absolute atomic E-state index is 0.0890. The van der Waals surface area contributed by atoms with Crippen molar-refractivity contribution in [3.05, 3.63) is 28.8 Å². The molecule has 2 rings (SSSR count). The van der Waals surface area contributed by atoms with E-state index in [9.17, 15) is 22.8 Å². The summed E-state index contributed by atoms with van der Waals surface area (Å²) in [6.45, 7) is 2.41. The Morgan fingerprint density at radius 3 is 2.74 bits per heavy atom. The van der Waals surface area contributed by atoms with Crippen LogP contribution in [0.4, 0.5) is 13.2 Å². The number of amides is 2. The van der Waals surface area contributed by atoms with Crippen LogP contribution < -0.4 is 10.1 Å². The Labute approximate surface area is 135 Å².